The van der Waals surface area contributed by atoms with Gasteiger partial charge in [-0.3, -0.25) is 4.79 Å². The van der Waals surface area contributed by atoms with Gasteiger partial charge in [0.25, 0.3) is 0 Å². The molecule has 4 aromatic rings. The van der Waals surface area contributed by atoms with Crippen LogP contribution < -0.4 is 10.6 Å². The van der Waals surface area contributed by atoms with Crippen molar-refractivity contribution in [1.29, 1.82) is 0 Å². The van der Waals surface area contributed by atoms with E-state index in [4.69, 9.17) is 0 Å². The number of urea groups is 1. The third-order valence-electron chi connectivity index (χ3n) is 5.03. The number of thiophene rings is 1. The van der Waals surface area contributed by atoms with E-state index in [2.05, 4.69) is 20.7 Å². The molecule has 0 saturated carbocycles. The van der Waals surface area contributed by atoms with Gasteiger partial charge in [-0.25, -0.2) is 19.1 Å². The number of ketones is 1. The maximum absolute atomic E-state index is 12.8. The largest absolute Gasteiger partial charge is 0.480 e. The van der Waals surface area contributed by atoms with Gasteiger partial charge in [-0.2, -0.15) is 5.10 Å². The fraction of sp³-hybridized carbons (Fsp3) is 0.174. The Morgan fingerprint density at radius 2 is 1.94 bits per heavy atom. The average Bonchev–Trinajstić information content (AvgIpc) is 3.47. The maximum atomic E-state index is 12.8. The number of aromatic nitrogens is 3. The minimum atomic E-state index is -1.10. The van der Waals surface area contributed by atoms with Gasteiger partial charge in [0, 0.05) is 17.4 Å². The number of carbonyl (C=O) groups is 3. The molecule has 3 heterocycles. The van der Waals surface area contributed by atoms with Crippen LogP contribution in [0.1, 0.15) is 29.1 Å². The SMILES string of the molecule is CC(C)[C@H](NC(=O)Nc1cccc(-c2ccnc3c(C(=O)c4cccs4)cnn23)c1)C(=O)O. The van der Waals surface area contributed by atoms with Crippen molar-refractivity contribution in [2.75, 3.05) is 5.32 Å². The first-order valence-electron chi connectivity index (χ1n) is 10.2. The molecule has 0 unspecified atom stereocenters. The smallest absolute Gasteiger partial charge is 0.326 e. The Balaban J connectivity index is 1.61. The molecule has 9 nitrogen and oxygen atoms in total. The van der Waals surface area contributed by atoms with Crippen molar-refractivity contribution in [3.05, 3.63) is 70.7 Å². The highest BCUT2D eigenvalue weighted by molar-refractivity contribution is 7.12. The number of amides is 2. The lowest BCUT2D eigenvalue weighted by atomic mass is 10.1. The summed E-state index contributed by atoms with van der Waals surface area (Å²) in [5.41, 5.74) is 2.73. The minimum absolute atomic E-state index is 0.144. The molecule has 0 aliphatic carbocycles. The van der Waals surface area contributed by atoms with Crippen LogP contribution in [0.3, 0.4) is 0 Å². The molecule has 2 amide bonds. The fourth-order valence-corrected chi connectivity index (χ4v) is 4.07. The molecular formula is C23H21N5O4S. The van der Waals surface area contributed by atoms with Gasteiger partial charge < -0.3 is 15.7 Å². The van der Waals surface area contributed by atoms with Crippen LogP contribution >= 0.6 is 11.3 Å². The summed E-state index contributed by atoms with van der Waals surface area (Å²) in [4.78, 5) is 41.4. The van der Waals surface area contributed by atoms with Crippen molar-refractivity contribution in [2.45, 2.75) is 19.9 Å². The molecule has 1 aromatic carbocycles. The van der Waals surface area contributed by atoms with Gasteiger partial charge >= 0.3 is 12.0 Å². The normalized spacial score (nSPS) is 12.0. The van der Waals surface area contributed by atoms with E-state index < -0.39 is 18.0 Å². The summed E-state index contributed by atoms with van der Waals surface area (Å²) in [6.45, 7) is 3.44. The number of carboxylic acid groups (broad SMARTS) is 1. The molecule has 3 aromatic heterocycles. The van der Waals surface area contributed by atoms with E-state index in [9.17, 15) is 19.5 Å². The molecule has 168 valence electrons. The van der Waals surface area contributed by atoms with Crippen molar-refractivity contribution < 1.29 is 19.5 Å². The van der Waals surface area contributed by atoms with Gasteiger partial charge in [-0.1, -0.05) is 32.0 Å². The third kappa shape index (κ3) is 4.60. The number of carboxylic acids is 1. The Bertz CT molecular complexity index is 1330. The Kier molecular flexibility index (Phi) is 6.18. The van der Waals surface area contributed by atoms with Gasteiger partial charge in [0.2, 0.25) is 5.78 Å². The molecule has 0 bridgehead atoms. The predicted octanol–water partition coefficient (Wildman–Crippen LogP) is 3.92. The Morgan fingerprint density at radius 1 is 1.12 bits per heavy atom. The molecule has 0 aliphatic rings. The molecule has 0 fully saturated rings. The molecule has 4 rings (SSSR count). The third-order valence-corrected chi connectivity index (χ3v) is 5.89. The predicted molar refractivity (Wildman–Crippen MR) is 125 cm³/mol. The van der Waals surface area contributed by atoms with Gasteiger partial charge in [0.15, 0.2) is 5.65 Å². The van der Waals surface area contributed by atoms with Crippen LogP contribution in [-0.2, 0) is 4.79 Å². The van der Waals surface area contributed by atoms with Crippen LogP contribution in [0.15, 0.2) is 60.2 Å². The van der Waals surface area contributed by atoms with Crippen molar-refractivity contribution in [3.63, 3.8) is 0 Å². The van der Waals surface area contributed by atoms with Gasteiger partial charge in [-0.05, 0) is 35.6 Å². The van der Waals surface area contributed by atoms with E-state index in [-0.39, 0.29) is 11.7 Å². The van der Waals surface area contributed by atoms with E-state index in [0.717, 1.165) is 5.56 Å². The molecular weight excluding hydrogens is 442 g/mol. The van der Waals surface area contributed by atoms with Crippen LogP contribution in [0.5, 0.6) is 0 Å². The van der Waals surface area contributed by atoms with Crippen molar-refractivity contribution >= 4 is 40.5 Å². The standard InChI is InChI=1S/C23H21N5O4S/c1-13(2)19(22(30)31)27-23(32)26-15-6-3-5-14(11-15)17-8-9-24-21-16(12-25-28(17)21)20(29)18-7-4-10-33-18/h3-13,19H,1-2H3,(H,30,31)(H2,26,27,32)/t19-/m0/s1. The summed E-state index contributed by atoms with van der Waals surface area (Å²) in [6, 6.07) is 10.8. The van der Waals surface area contributed by atoms with Gasteiger partial charge in [0.05, 0.1) is 22.3 Å². The zero-order chi connectivity index (χ0) is 23.5. The number of aliphatic carboxylic acids is 1. The lowest BCUT2D eigenvalue weighted by Gasteiger charge is -2.18. The number of fused-ring (bicyclic) bond motifs is 1. The van der Waals surface area contributed by atoms with Crippen molar-refractivity contribution in [3.8, 4) is 11.3 Å². The number of hydrogen-bond acceptors (Lipinski definition) is 6. The Labute approximate surface area is 193 Å². The second-order valence-electron chi connectivity index (χ2n) is 7.67. The molecule has 3 N–H and O–H groups in total. The van der Waals surface area contributed by atoms with Crippen LogP contribution in [0.25, 0.3) is 16.9 Å². The van der Waals surface area contributed by atoms with E-state index in [1.165, 1.54) is 17.5 Å². The summed E-state index contributed by atoms with van der Waals surface area (Å²) >= 11 is 1.36. The van der Waals surface area contributed by atoms with Crippen LogP contribution in [-0.4, -0.2) is 43.5 Å². The maximum Gasteiger partial charge on any atom is 0.326 e. The number of rotatable bonds is 7. The molecule has 0 aliphatic heterocycles. The average molecular weight is 464 g/mol. The highest BCUT2D eigenvalue weighted by Gasteiger charge is 2.23. The topological polar surface area (TPSA) is 126 Å². The minimum Gasteiger partial charge on any atom is -0.480 e. The fourth-order valence-electron chi connectivity index (χ4n) is 3.39. The van der Waals surface area contributed by atoms with Crippen molar-refractivity contribution in [2.24, 2.45) is 5.92 Å². The summed E-state index contributed by atoms with van der Waals surface area (Å²) < 4.78 is 1.58. The summed E-state index contributed by atoms with van der Waals surface area (Å²) in [7, 11) is 0. The lowest BCUT2D eigenvalue weighted by molar-refractivity contribution is -0.140. The molecule has 1 atom stereocenters. The number of anilines is 1. The first kappa shape index (κ1) is 22.2. The first-order valence-corrected chi connectivity index (χ1v) is 11.0. The first-order chi connectivity index (χ1) is 15.8. The zero-order valence-electron chi connectivity index (χ0n) is 17.9. The Hall–Kier alpha value is -4.05. The highest BCUT2D eigenvalue weighted by atomic mass is 32.1. The van der Waals surface area contributed by atoms with E-state index in [0.29, 0.717) is 27.5 Å². The second-order valence-corrected chi connectivity index (χ2v) is 8.62. The van der Waals surface area contributed by atoms with Gasteiger partial charge in [0.1, 0.15) is 6.04 Å². The number of benzene rings is 1. The molecule has 33 heavy (non-hydrogen) atoms. The number of nitrogens with one attached hydrogen (secondary N) is 2. The molecule has 0 saturated heterocycles. The zero-order valence-corrected chi connectivity index (χ0v) is 18.7. The van der Waals surface area contributed by atoms with Gasteiger partial charge in [-0.15, -0.1) is 11.3 Å². The summed E-state index contributed by atoms with van der Waals surface area (Å²) in [5.74, 6) is -1.51. The van der Waals surface area contributed by atoms with E-state index >= 15 is 0 Å². The number of hydrogen-bond donors (Lipinski definition) is 3. The Morgan fingerprint density at radius 3 is 2.64 bits per heavy atom. The molecule has 10 heteroatoms. The van der Waals surface area contributed by atoms with Crippen LogP contribution in [0.2, 0.25) is 0 Å². The quantitative estimate of drug-likeness (QED) is 0.357. The van der Waals surface area contributed by atoms with E-state index in [1.54, 1.807) is 54.9 Å². The molecule has 0 spiro atoms. The van der Waals surface area contributed by atoms with Crippen LogP contribution in [0, 0.1) is 5.92 Å². The number of carbonyl (C=O) groups excluding carboxylic acids is 2. The number of nitrogens with zero attached hydrogens (tertiary/aromatic N) is 3. The highest BCUT2D eigenvalue weighted by Crippen LogP contribution is 2.25. The van der Waals surface area contributed by atoms with Crippen LogP contribution in [0.4, 0.5) is 10.5 Å². The summed E-state index contributed by atoms with van der Waals surface area (Å²) in [5, 5.41) is 20.6. The second kappa shape index (κ2) is 9.21. The van der Waals surface area contributed by atoms with E-state index in [1.807, 2.05) is 17.5 Å². The summed E-state index contributed by atoms with van der Waals surface area (Å²) in [6.07, 6.45) is 3.10. The lowest BCUT2D eigenvalue weighted by Crippen LogP contribution is -2.46. The molecule has 0 radical (unpaired) electrons. The van der Waals surface area contributed by atoms with Crippen molar-refractivity contribution in [1.82, 2.24) is 19.9 Å². The monoisotopic (exact) mass is 463 g/mol.